The van der Waals surface area contributed by atoms with E-state index in [1.807, 2.05) is 0 Å². The number of methoxy groups -OCH3 is 1. The number of benzene rings is 1. The summed E-state index contributed by atoms with van der Waals surface area (Å²) in [6.45, 7) is 3.47. The van der Waals surface area contributed by atoms with Crippen molar-refractivity contribution >= 4 is 5.69 Å². The average Bonchev–Trinajstić information content (AvgIpc) is 2.80. The normalized spacial score (nSPS) is 22.5. The van der Waals surface area contributed by atoms with Crippen LogP contribution in [0.3, 0.4) is 0 Å². The Bertz CT molecular complexity index is 409. The second-order valence-corrected chi connectivity index (χ2v) is 5.89. The van der Waals surface area contributed by atoms with Crippen molar-refractivity contribution < 1.29 is 4.74 Å². The van der Waals surface area contributed by atoms with Crippen LogP contribution in [0.5, 0.6) is 5.75 Å². The molecule has 2 fully saturated rings. The van der Waals surface area contributed by atoms with Crippen LogP contribution < -0.4 is 15.0 Å². The zero-order valence-corrected chi connectivity index (χ0v) is 11.8. The Morgan fingerprint density at radius 2 is 1.84 bits per heavy atom. The van der Waals surface area contributed by atoms with Gasteiger partial charge in [0.05, 0.1) is 7.11 Å². The molecule has 1 N–H and O–H groups in total. The highest BCUT2D eigenvalue weighted by Gasteiger charge is 2.36. The molecule has 19 heavy (non-hydrogen) atoms. The first-order valence-electron chi connectivity index (χ1n) is 7.45. The number of rotatable bonds is 2. The maximum Gasteiger partial charge on any atom is 0.119 e. The fraction of sp³-hybridized carbons (Fsp3) is 0.625. The number of nitrogens with one attached hydrogen (secondary N) is 1. The monoisotopic (exact) mass is 260 g/mol. The van der Waals surface area contributed by atoms with Crippen molar-refractivity contribution in [1.82, 2.24) is 5.32 Å². The summed E-state index contributed by atoms with van der Waals surface area (Å²) in [6, 6.07) is 8.50. The van der Waals surface area contributed by atoms with E-state index in [2.05, 4.69) is 34.5 Å². The molecule has 1 aromatic carbocycles. The number of ether oxygens (including phenoxy) is 1. The summed E-state index contributed by atoms with van der Waals surface area (Å²) in [4.78, 5) is 2.55. The van der Waals surface area contributed by atoms with E-state index in [1.54, 1.807) is 7.11 Å². The maximum atomic E-state index is 5.24. The fourth-order valence-corrected chi connectivity index (χ4v) is 3.52. The van der Waals surface area contributed by atoms with Gasteiger partial charge >= 0.3 is 0 Å². The predicted octanol–water partition coefficient (Wildman–Crippen LogP) is 2.81. The van der Waals surface area contributed by atoms with Gasteiger partial charge in [-0.3, -0.25) is 0 Å². The summed E-state index contributed by atoms with van der Waals surface area (Å²) >= 11 is 0. The molecular formula is C16H24N2O. The van der Waals surface area contributed by atoms with Crippen molar-refractivity contribution in [2.75, 3.05) is 31.6 Å². The molecule has 0 bridgehead atoms. The van der Waals surface area contributed by atoms with E-state index in [0.29, 0.717) is 5.54 Å². The van der Waals surface area contributed by atoms with Crippen LogP contribution in [0.15, 0.2) is 24.3 Å². The fourth-order valence-electron chi connectivity index (χ4n) is 3.52. The van der Waals surface area contributed by atoms with Crippen molar-refractivity contribution in [3.8, 4) is 5.75 Å². The standard InChI is InChI=1S/C16H24N2O/c1-19-15-7-5-14(6-8-15)18-12-4-11-17-16(13-18)9-2-3-10-16/h5-8,17H,2-4,9-13H2,1H3. The van der Waals surface area contributed by atoms with Gasteiger partial charge in [0.25, 0.3) is 0 Å². The van der Waals surface area contributed by atoms with Crippen LogP contribution in [0, 0.1) is 0 Å². The lowest BCUT2D eigenvalue weighted by Gasteiger charge is -2.34. The molecule has 1 aliphatic carbocycles. The summed E-state index contributed by atoms with van der Waals surface area (Å²) in [5.74, 6) is 0.937. The Balaban J connectivity index is 1.77. The molecule has 1 aliphatic heterocycles. The van der Waals surface area contributed by atoms with Crippen LogP contribution in [0.25, 0.3) is 0 Å². The average molecular weight is 260 g/mol. The van der Waals surface area contributed by atoms with Crippen molar-refractivity contribution in [2.45, 2.75) is 37.6 Å². The highest BCUT2D eigenvalue weighted by molar-refractivity contribution is 5.49. The second-order valence-electron chi connectivity index (χ2n) is 5.89. The molecule has 1 saturated carbocycles. The van der Waals surface area contributed by atoms with Gasteiger partial charge in [-0.15, -0.1) is 0 Å². The van der Waals surface area contributed by atoms with Crippen LogP contribution in [-0.2, 0) is 0 Å². The highest BCUT2D eigenvalue weighted by Crippen LogP contribution is 2.33. The molecule has 1 heterocycles. The molecular weight excluding hydrogens is 236 g/mol. The first-order valence-corrected chi connectivity index (χ1v) is 7.45. The van der Waals surface area contributed by atoms with Crippen molar-refractivity contribution in [2.24, 2.45) is 0 Å². The lowest BCUT2D eigenvalue weighted by atomic mass is 9.97. The number of nitrogens with zero attached hydrogens (tertiary/aromatic N) is 1. The van der Waals surface area contributed by atoms with Gasteiger partial charge in [-0.2, -0.15) is 0 Å². The van der Waals surface area contributed by atoms with Gasteiger partial charge in [0.15, 0.2) is 0 Å². The van der Waals surface area contributed by atoms with Gasteiger partial charge in [-0.1, -0.05) is 12.8 Å². The van der Waals surface area contributed by atoms with Crippen LogP contribution >= 0.6 is 0 Å². The molecule has 3 nitrogen and oxygen atoms in total. The summed E-state index contributed by atoms with van der Waals surface area (Å²) in [5, 5.41) is 3.81. The number of anilines is 1. The predicted molar refractivity (Wildman–Crippen MR) is 79.0 cm³/mol. The van der Waals surface area contributed by atoms with Crippen molar-refractivity contribution in [3.05, 3.63) is 24.3 Å². The summed E-state index contributed by atoms with van der Waals surface area (Å²) in [6.07, 6.45) is 6.65. The van der Waals surface area contributed by atoms with E-state index < -0.39 is 0 Å². The first-order chi connectivity index (χ1) is 9.31. The number of hydrogen-bond acceptors (Lipinski definition) is 3. The second kappa shape index (κ2) is 5.41. The minimum Gasteiger partial charge on any atom is -0.497 e. The van der Waals surface area contributed by atoms with Crippen molar-refractivity contribution in [3.63, 3.8) is 0 Å². The maximum absolute atomic E-state index is 5.24. The van der Waals surface area contributed by atoms with E-state index in [-0.39, 0.29) is 0 Å². The Hall–Kier alpha value is -1.22. The van der Waals surface area contributed by atoms with Gasteiger partial charge in [0, 0.05) is 24.3 Å². The van der Waals surface area contributed by atoms with E-state index in [4.69, 9.17) is 4.74 Å². The van der Waals surface area contributed by atoms with Gasteiger partial charge in [0.1, 0.15) is 5.75 Å². The quantitative estimate of drug-likeness (QED) is 0.885. The minimum absolute atomic E-state index is 0.371. The molecule has 104 valence electrons. The Labute approximate surface area is 115 Å². The molecule has 0 radical (unpaired) electrons. The molecule has 0 amide bonds. The van der Waals surface area contributed by atoms with Gasteiger partial charge in [-0.25, -0.2) is 0 Å². The third-order valence-corrected chi connectivity index (χ3v) is 4.60. The Morgan fingerprint density at radius 1 is 1.11 bits per heavy atom. The van der Waals surface area contributed by atoms with Crippen LogP contribution in [0.2, 0.25) is 0 Å². The van der Waals surface area contributed by atoms with Crippen molar-refractivity contribution in [1.29, 1.82) is 0 Å². The van der Waals surface area contributed by atoms with Gasteiger partial charge in [0.2, 0.25) is 0 Å². The first kappa shape index (κ1) is 12.8. The Morgan fingerprint density at radius 3 is 2.53 bits per heavy atom. The summed E-state index contributed by atoms with van der Waals surface area (Å²) < 4.78 is 5.24. The smallest absolute Gasteiger partial charge is 0.119 e. The third-order valence-electron chi connectivity index (χ3n) is 4.60. The van der Waals surface area contributed by atoms with Gasteiger partial charge < -0.3 is 15.0 Å². The number of hydrogen-bond donors (Lipinski definition) is 1. The van der Waals surface area contributed by atoms with Crippen LogP contribution in [0.4, 0.5) is 5.69 Å². The Kier molecular flexibility index (Phi) is 3.65. The SMILES string of the molecule is COc1ccc(N2CCCNC3(CCCC3)C2)cc1. The molecule has 0 aromatic heterocycles. The van der Waals surface area contributed by atoms with E-state index in [1.165, 1.54) is 37.8 Å². The lowest BCUT2D eigenvalue weighted by Crippen LogP contribution is -2.49. The molecule has 0 unspecified atom stereocenters. The topological polar surface area (TPSA) is 24.5 Å². The summed E-state index contributed by atoms with van der Waals surface area (Å²) in [7, 11) is 1.72. The summed E-state index contributed by atoms with van der Waals surface area (Å²) in [5.41, 5.74) is 1.70. The van der Waals surface area contributed by atoms with E-state index in [9.17, 15) is 0 Å². The van der Waals surface area contributed by atoms with Crippen LogP contribution in [0.1, 0.15) is 32.1 Å². The zero-order valence-electron chi connectivity index (χ0n) is 11.8. The molecule has 0 atom stereocenters. The molecule has 3 rings (SSSR count). The molecule has 2 aliphatic rings. The van der Waals surface area contributed by atoms with E-state index >= 15 is 0 Å². The third kappa shape index (κ3) is 2.71. The highest BCUT2D eigenvalue weighted by atomic mass is 16.5. The molecule has 3 heteroatoms. The van der Waals surface area contributed by atoms with Gasteiger partial charge in [-0.05, 0) is 50.1 Å². The minimum atomic E-state index is 0.371. The van der Waals surface area contributed by atoms with Crippen LogP contribution in [-0.4, -0.2) is 32.3 Å². The largest absolute Gasteiger partial charge is 0.497 e. The molecule has 1 spiro atoms. The van der Waals surface area contributed by atoms with E-state index in [0.717, 1.165) is 25.4 Å². The zero-order chi connectivity index (χ0) is 13.1. The molecule has 1 aromatic rings. The lowest BCUT2D eigenvalue weighted by molar-refractivity contribution is 0.354. The molecule has 1 saturated heterocycles.